The molecule has 0 spiro atoms. The second-order valence-electron chi connectivity index (χ2n) is 4.50. The molecule has 3 nitrogen and oxygen atoms in total. The fraction of sp³-hybridized carbons (Fsp3) is 0.400. The van der Waals surface area contributed by atoms with Crippen molar-refractivity contribution >= 4 is 0 Å². The molecule has 1 unspecified atom stereocenters. The van der Waals surface area contributed by atoms with Crippen LogP contribution in [0.5, 0.6) is 0 Å². The summed E-state index contributed by atoms with van der Waals surface area (Å²) in [5.41, 5.74) is 3.41. The molecule has 2 rings (SSSR count). The number of nitrogens with one attached hydrogen (secondary N) is 1. The summed E-state index contributed by atoms with van der Waals surface area (Å²) in [5, 5.41) is 0. The Bertz CT molecular complexity index is 505. The van der Waals surface area contributed by atoms with Crippen molar-refractivity contribution in [1.82, 2.24) is 9.97 Å². The number of benzene rings is 1. The second kappa shape index (κ2) is 5.83. The predicted octanol–water partition coefficient (Wildman–Crippen LogP) is 3.74. The Morgan fingerprint density at radius 2 is 2.22 bits per heavy atom. The van der Waals surface area contributed by atoms with Crippen molar-refractivity contribution in [3.63, 3.8) is 0 Å². The first kappa shape index (κ1) is 12.8. The van der Waals surface area contributed by atoms with Crippen LogP contribution in [0.1, 0.15) is 37.8 Å². The maximum absolute atomic E-state index is 5.35. The molecule has 18 heavy (non-hydrogen) atoms. The molecule has 1 atom stereocenters. The van der Waals surface area contributed by atoms with E-state index < -0.39 is 0 Å². The fourth-order valence-electron chi connectivity index (χ4n) is 1.97. The summed E-state index contributed by atoms with van der Waals surface area (Å²) in [6, 6.07) is 8.38. The molecule has 0 amide bonds. The van der Waals surface area contributed by atoms with E-state index in [0.717, 1.165) is 29.9 Å². The maximum Gasteiger partial charge on any atom is 0.106 e. The van der Waals surface area contributed by atoms with Gasteiger partial charge in [-0.15, -0.1) is 0 Å². The van der Waals surface area contributed by atoms with E-state index in [4.69, 9.17) is 4.74 Å². The largest absolute Gasteiger partial charge is 0.377 e. The van der Waals surface area contributed by atoms with Gasteiger partial charge in [0.25, 0.3) is 0 Å². The average molecular weight is 244 g/mol. The van der Waals surface area contributed by atoms with Gasteiger partial charge in [-0.2, -0.15) is 0 Å². The Morgan fingerprint density at radius 3 is 2.94 bits per heavy atom. The average Bonchev–Trinajstić information content (AvgIpc) is 2.87. The third-order valence-corrected chi connectivity index (χ3v) is 3.14. The number of aryl methyl sites for hydroxylation is 1. The van der Waals surface area contributed by atoms with E-state index in [1.165, 1.54) is 5.56 Å². The molecule has 0 fully saturated rings. The van der Waals surface area contributed by atoms with Crippen LogP contribution in [0, 0.1) is 0 Å². The van der Waals surface area contributed by atoms with Crippen molar-refractivity contribution in [3.8, 4) is 11.3 Å². The molecule has 2 aromatic rings. The summed E-state index contributed by atoms with van der Waals surface area (Å²) < 4.78 is 5.35. The third-order valence-electron chi connectivity index (χ3n) is 3.14. The normalized spacial score (nSPS) is 12.6. The van der Waals surface area contributed by atoms with Crippen LogP contribution in [0.2, 0.25) is 0 Å². The van der Waals surface area contributed by atoms with Gasteiger partial charge in [-0.1, -0.05) is 25.1 Å². The molecule has 96 valence electrons. The lowest BCUT2D eigenvalue weighted by Gasteiger charge is -2.10. The zero-order valence-corrected chi connectivity index (χ0v) is 11.2. The van der Waals surface area contributed by atoms with E-state index in [1.54, 1.807) is 7.11 Å². The van der Waals surface area contributed by atoms with Crippen LogP contribution < -0.4 is 0 Å². The second-order valence-corrected chi connectivity index (χ2v) is 4.50. The van der Waals surface area contributed by atoms with E-state index in [1.807, 2.05) is 6.20 Å². The molecule has 0 saturated heterocycles. The van der Waals surface area contributed by atoms with Crippen LogP contribution in [0.3, 0.4) is 0 Å². The molecule has 0 aliphatic carbocycles. The highest BCUT2D eigenvalue weighted by atomic mass is 16.5. The summed E-state index contributed by atoms with van der Waals surface area (Å²) in [7, 11) is 1.73. The van der Waals surface area contributed by atoms with E-state index in [9.17, 15) is 0 Å². The van der Waals surface area contributed by atoms with Crippen LogP contribution in [0.15, 0.2) is 30.5 Å². The summed E-state index contributed by atoms with van der Waals surface area (Å²) in [4.78, 5) is 7.75. The Balaban J connectivity index is 2.26. The first-order valence-electron chi connectivity index (χ1n) is 6.41. The minimum absolute atomic E-state index is 0.114. The molecule has 0 radical (unpaired) electrons. The first-order valence-corrected chi connectivity index (χ1v) is 6.41. The molecule has 0 bridgehead atoms. The van der Waals surface area contributed by atoms with E-state index in [0.29, 0.717) is 0 Å². The maximum atomic E-state index is 5.35. The zero-order chi connectivity index (χ0) is 13.0. The molecule has 3 heteroatoms. The molecule has 1 aromatic carbocycles. The number of nitrogens with zero attached hydrogens (tertiary/aromatic N) is 1. The molecule has 0 aliphatic rings. The molecular formula is C15H20N2O. The Labute approximate surface area is 108 Å². The topological polar surface area (TPSA) is 37.9 Å². The van der Waals surface area contributed by atoms with Crippen molar-refractivity contribution in [2.75, 3.05) is 7.11 Å². The van der Waals surface area contributed by atoms with Crippen LogP contribution >= 0.6 is 0 Å². The lowest BCUT2D eigenvalue weighted by Crippen LogP contribution is -1.95. The number of ether oxygens (including phenoxy) is 1. The number of methoxy groups -OCH3 is 1. The number of imidazole rings is 1. The summed E-state index contributed by atoms with van der Waals surface area (Å²) >= 11 is 0. The summed E-state index contributed by atoms with van der Waals surface area (Å²) in [6.45, 7) is 4.21. The Morgan fingerprint density at radius 1 is 1.39 bits per heavy atom. The van der Waals surface area contributed by atoms with Crippen LogP contribution in [0.25, 0.3) is 11.3 Å². The van der Waals surface area contributed by atoms with Gasteiger partial charge in [-0.05, 0) is 30.5 Å². The highest BCUT2D eigenvalue weighted by Crippen LogP contribution is 2.23. The van der Waals surface area contributed by atoms with Crippen molar-refractivity contribution in [2.24, 2.45) is 0 Å². The Kier molecular flexibility index (Phi) is 4.15. The van der Waals surface area contributed by atoms with Crippen LogP contribution in [0.4, 0.5) is 0 Å². The number of aromatic nitrogens is 2. The van der Waals surface area contributed by atoms with Crippen molar-refractivity contribution in [1.29, 1.82) is 0 Å². The van der Waals surface area contributed by atoms with Gasteiger partial charge in [0.1, 0.15) is 5.82 Å². The quantitative estimate of drug-likeness (QED) is 0.870. The smallest absolute Gasteiger partial charge is 0.106 e. The molecule has 0 aliphatic heterocycles. The number of rotatable bonds is 5. The minimum Gasteiger partial charge on any atom is -0.377 e. The molecular weight excluding hydrogens is 224 g/mol. The van der Waals surface area contributed by atoms with Gasteiger partial charge in [-0.3, -0.25) is 0 Å². The number of hydrogen-bond donors (Lipinski definition) is 1. The third kappa shape index (κ3) is 2.79. The lowest BCUT2D eigenvalue weighted by atomic mass is 10.1. The van der Waals surface area contributed by atoms with Gasteiger partial charge in [0, 0.05) is 13.5 Å². The van der Waals surface area contributed by atoms with Gasteiger partial charge in [0.05, 0.1) is 18.0 Å². The standard InChI is InChI=1S/C15H20N2O/c1-4-6-15-16-10-14(17-15)13-8-5-7-12(9-13)11(2)18-3/h5,7-11H,4,6H2,1-3H3,(H,16,17). The Hall–Kier alpha value is -1.61. The molecule has 1 N–H and O–H groups in total. The van der Waals surface area contributed by atoms with Gasteiger partial charge in [0.15, 0.2) is 0 Å². The van der Waals surface area contributed by atoms with Gasteiger partial charge < -0.3 is 9.72 Å². The molecule has 1 heterocycles. The van der Waals surface area contributed by atoms with Crippen molar-refractivity contribution < 1.29 is 4.74 Å². The first-order chi connectivity index (χ1) is 8.74. The van der Waals surface area contributed by atoms with Gasteiger partial charge >= 0.3 is 0 Å². The monoisotopic (exact) mass is 244 g/mol. The highest BCUT2D eigenvalue weighted by molar-refractivity contribution is 5.59. The zero-order valence-electron chi connectivity index (χ0n) is 11.2. The number of hydrogen-bond acceptors (Lipinski definition) is 2. The fourth-order valence-corrected chi connectivity index (χ4v) is 1.97. The molecule has 0 saturated carbocycles. The number of aromatic amines is 1. The van der Waals surface area contributed by atoms with Gasteiger partial charge in [0.2, 0.25) is 0 Å². The van der Waals surface area contributed by atoms with E-state index >= 15 is 0 Å². The van der Waals surface area contributed by atoms with Crippen LogP contribution in [-0.2, 0) is 11.2 Å². The van der Waals surface area contributed by atoms with Gasteiger partial charge in [-0.25, -0.2) is 4.98 Å². The lowest BCUT2D eigenvalue weighted by molar-refractivity contribution is 0.119. The highest BCUT2D eigenvalue weighted by Gasteiger charge is 2.07. The van der Waals surface area contributed by atoms with Crippen molar-refractivity contribution in [3.05, 3.63) is 41.9 Å². The predicted molar refractivity (Wildman–Crippen MR) is 73.4 cm³/mol. The van der Waals surface area contributed by atoms with E-state index in [2.05, 4.69) is 48.1 Å². The summed E-state index contributed by atoms with van der Waals surface area (Å²) in [6.07, 6.45) is 4.12. The SMILES string of the molecule is CCCc1ncc(-c2cccc(C(C)OC)c2)[nH]1. The van der Waals surface area contributed by atoms with Crippen LogP contribution in [-0.4, -0.2) is 17.1 Å². The summed E-state index contributed by atoms with van der Waals surface area (Å²) in [5.74, 6) is 1.05. The minimum atomic E-state index is 0.114. The molecule has 1 aromatic heterocycles. The number of H-pyrrole nitrogens is 1. The van der Waals surface area contributed by atoms with Crippen molar-refractivity contribution in [2.45, 2.75) is 32.8 Å². The van der Waals surface area contributed by atoms with E-state index in [-0.39, 0.29) is 6.10 Å².